The Morgan fingerprint density at radius 1 is 1.47 bits per heavy atom. The number of hydrogen-bond acceptors (Lipinski definition) is 3. The molecule has 1 aromatic rings. The van der Waals surface area contributed by atoms with E-state index in [4.69, 9.17) is 0 Å². The highest BCUT2D eigenvalue weighted by atomic mass is 15.5. The summed E-state index contributed by atoms with van der Waals surface area (Å²) in [6.07, 6.45) is 5.85. The normalized spacial score (nSPS) is 43.6. The van der Waals surface area contributed by atoms with Crippen LogP contribution in [0.5, 0.6) is 0 Å². The van der Waals surface area contributed by atoms with Gasteiger partial charge in [0.2, 0.25) is 5.82 Å². The number of nitrogens with one attached hydrogen (secondary N) is 1. The van der Waals surface area contributed by atoms with Gasteiger partial charge >= 0.3 is 0 Å². The largest absolute Gasteiger partial charge is 0.311 e. The summed E-state index contributed by atoms with van der Waals surface area (Å²) in [6, 6.07) is 4.22. The van der Waals surface area contributed by atoms with E-state index >= 15 is 0 Å². The van der Waals surface area contributed by atoms with Gasteiger partial charge in [0.1, 0.15) is 5.54 Å². The number of nitrogens with zero attached hydrogens (tertiary/aromatic N) is 3. The van der Waals surface area contributed by atoms with Crippen LogP contribution in [0.1, 0.15) is 19.3 Å². The lowest BCUT2D eigenvalue weighted by atomic mass is 9.85. The van der Waals surface area contributed by atoms with Crippen molar-refractivity contribution in [2.75, 3.05) is 26.2 Å². The minimum absolute atomic E-state index is 0.430. The van der Waals surface area contributed by atoms with E-state index in [1.165, 1.54) is 51.3 Å². The van der Waals surface area contributed by atoms with E-state index in [0.717, 1.165) is 10.4 Å². The molecule has 3 aliphatic heterocycles. The zero-order valence-corrected chi connectivity index (χ0v) is 10.1. The van der Waals surface area contributed by atoms with E-state index in [1.807, 2.05) is 6.07 Å². The predicted molar refractivity (Wildman–Crippen MR) is 66.5 cm³/mol. The van der Waals surface area contributed by atoms with Crippen molar-refractivity contribution in [1.82, 2.24) is 20.0 Å². The van der Waals surface area contributed by atoms with Crippen LogP contribution in [0.15, 0.2) is 18.3 Å². The lowest BCUT2D eigenvalue weighted by Crippen LogP contribution is -2.63. The van der Waals surface area contributed by atoms with Crippen molar-refractivity contribution in [1.29, 1.82) is 0 Å². The maximum Gasteiger partial charge on any atom is 0.247 e. The molecule has 0 saturated carbocycles. The Balaban J connectivity index is 1.84. The third-order valence-electron chi connectivity index (χ3n) is 5.28. The van der Waals surface area contributed by atoms with Crippen molar-refractivity contribution in [3.8, 4) is 0 Å². The van der Waals surface area contributed by atoms with Crippen LogP contribution in [0.3, 0.4) is 0 Å². The number of rotatable bonds is 1. The van der Waals surface area contributed by atoms with Crippen LogP contribution in [0.4, 0.5) is 5.82 Å². The standard InChI is InChI=1S/C13H19N4/c1-2-12(16-15-5-1)17-7-3-11(9-17)8-13(17)4-6-14-10-13/h1-2,5,11,14H,3-4,6-10H2/q+1. The molecule has 4 heterocycles. The van der Waals surface area contributed by atoms with Crippen molar-refractivity contribution in [2.45, 2.75) is 24.8 Å². The minimum Gasteiger partial charge on any atom is -0.311 e. The second kappa shape index (κ2) is 3.27. The summed E-state index contributed by atoms with van der Waals surface area (Å²) in [5, 5.41) is 12.1. The third kappa shape index (κ3) is 1.15. The summed E-state index contributed by atoms with van der Waals surface area (Å²) < 4.78 is 1.11. The zero-order valence-electron chi connectivity index (χ0n) is 10.1. The lowest BCUT2D eigenvalue weighted by Gasteiger charge is -2.44. The maximum absolute atomic E-state index is 4.44. The van der Waals surface area contributed by atoms with Gasteiger partial charge < -0.3 is 5.32 Å². The van der Waals surface area contributed by atoms with Gasteiger partial charge in [-0.3, -0.25) is 4.48 Å². The minimum atomic E-state index is 0.430. The van der Waals surface area contributed by atoms with E-state index in [2.05, 4.69) is 21.6 Å². The van der Waals surface area contributed by atoms with Gasteiger partial charge in [-0.15, -0.1) is 0 Å². The molecule has 90 valence electrons. The van der Waals surface area contributed by atoms with Crippen molar-refractivity contribution in [3.05, 3.63) is 18.3 Å². The van der Waals surface area contributed by atoms with Crippen molar-refractivity contribution in [3.63, 3.8) is 0 Å². The molecule has 4 heteroatoms. The fourth-order valence-corrected chi connectivity index (χ4v) is 4.58. The van der Waals surface area contributed by atoms with Gasteiger partial charge in [-0.1, -0.05) is 5.10 Å². The number of aromatic nitrogens is 2. The fraction of sp³-hybridized carbons (Fsp3) is 0.692. The first-order chi connectivity index (χ1) is 8.35. The molecule has 3 saturated heterocycles. The number of piperidine rings is 1. The first kappa shape index (κ1) is 9.97. The second-order valence-electron chi connectivity index (χ2n) is 5.97. The van der Waals surface area contributed by atoms with Gasteiger partial charge in [0.25, 0.3) is 0 Å². The van der Waals surface area contributed by atoms with Crippen molar-refractivity contribution in [2.24, 2.45) is 5.92 Å². The van der Waals surface area contributed by atoms with Crippen LogP contribution in [0.2, 0.25) is 0 Å². The predicted octanol–water partition coefficient (Wildman–Crippen LogP) is 0.940. The molecule has 3 fully saturated rings. The second-order valence-corrected chi connectivity index (χ2v) is 5.97. The van der Waals surface area contributed by atoms with Crippen molar-refractivity contribution >= 4 is 5.82 Å². The number of hydrogen-bond donors (Lipinski definition) is 1. The van der Waals surface area contributed by atoms with Gasteiger partial charge in [0.05, 0.1) is 25.8 Å². The Labute approximate surface area is 102 Å². The lowest BCUT2D eigenvalue weighted by molar-refractivity contribution is 0.150. The molecule has 0 aromatic carbocycles. The first-order valence-corrected chi connectivity index (χ1v) is 6.71. The van der Waals surface area contributed by atoms with Crippen LogP contribution < -0.4 is 9.80 Å². The number of fused-ring (bicyclic) bond motifs is 3. The molecular weight excluding hydrogens is 212 g/mol. The Hall–Kier alpha value is -1.00. The summed E-state index contributed by atoms with van der Waals surface area (Å²) in [5.41, 5.74) is 0.430. The van der Waals surface area contributed by atoms with Gasteiger partial charge in [0, 0.05) is 37.8 Å². The zero-order chi connectivity index (χ0) is 11.3. The molecular formula is C13H19N4+. The molecule has 3 aliphatic rings. The van der Waals surface area contributed by atoms with E-state index < -0.39 is 0 Å². The Bertz CT molecular complexity index is 426. The highest BCUT2D eigenvalue weighted by Gasteiger charge is 2.64. The highest BCUT2D eigenvalue weighted by molar-refractivity contribution is 5.41. The van der Waals surface area contributed by atoms with Crippen LogP contribution in [0.25, 0.3) is 0 Å². The van der Waals surface area contributed by atoms with Crippen LogP contribution in [0, 0.1) is 5.92 Å². The summed E-state index contributed by atoms with van der Waals surface area (Å²) in [4.78, 5) is 0. The molecule has 0 radical (unpaired) electrons. The quantitative estimate of drug-likeness (QED) is 0.731. The van der Waals surface area contributed by atoms with Gasteiger partial charge in [-0.05, 0) is 6.07 Å². The molecule has 4 nitrogen and oxygen atoms in total. The average molecular weight is 231 g/mol. The van der Waals surface area contributed by atoms with Gasteiger partial charge in [0.15, 0.2) is 0 Å². The Morgan fingerprint density at radius 2 is 2.47 bits per heavy atom. The number of quaternary nitrogens is 1. The summed E-state index contributed by atoms with van der Waals surface area (Å²) >= 11 is 0. The first-order valence-electron chi connectivity index (χ1n) is 6.71. The van der Waals surface area contributed by atoms with Crippen LogP contribution in [-0.2, 0) is 0 Å². The van der Waals surface area contributed by atoms with Gasteiger partial charge in [-0.2, -0.15) is 5.10 Å². The molecule has 1 N–H and O–H groups in total. The topological polar surface area (TPSA) is 37.8 Å². The third-order valence-corrected chi connectivity index (χ3v) is 5.28. The summed E-state index contributed by atoms with van der Waals surface area (Å²) in [5.74, 6) is 2.12. The smallest absolute Gasteiger partial charge is 0.247 e. The van der Waals surface area contributed by atoms with Gasteiger partial charge in [-0.25, -0.2) is 0 Å². The van der Waals surface area contributed by atoms with Crippen LogP contribution in [-0.4, -0.2) is 41.9 Å². The van der Waals surface area contributed by atoms with E-state index in [1.54, 1.807) is 6.20 Å². The summed E-state index contributed by atoms with van der Waals surface area (Å²) in [7, 11) is 0. The maximum atomic E-state index is 4.44. The van der Waals surface area contributed by atoms with E-state index in [9.17, 15) is 0 Å². The molecule has 1 aromatic heterocycles. The van der Waals surface area contributed by atoms with E-state index in [0.29, 0.717) is 5.54 Å². The SMILES string of the molecule is c1cnnc([N+]23CCC(CC24CCNC4)C3)c1. The molecule has 3 unspecified atom stereocenters. The van der Waals surface area contributed by atoms with Crippen molar-refractivity contribution < 1.29 is 0 Å². The average Bonchev–Trinajstić information content (AvgIpc) is 3.06. The highest BCUT2D eigenvalue weighted by Crippen LogP contribution is 2.52. The molecule has 2 bridgehead atoms. The molecule has 4 rings (SSSR count). The molecule has 3 atom stereocenters. The van der Waals surface area contributed by atoms with E-state index in [-0.39, 0.29) is 0 Å². The Morgan fingerprint density at radius 3 is 3.18 bits per heavy atom. The monoisotopic (exact) mass is 231 g/mol. The Kier molecular flexibility index (Phi) is 1.92. The molecule has 0 aliphatic carbocycles. The molecule has 17 heavy (non-hydrogen) atoms. The molecule has 1 spiro atoms. The molecule has 0 amide bonds. The summed E-state index contributed by atoms with van der Waals surface area (Å²) in [6.45, 7) is 4.90. The van der Waals surface area contributed by atoms with Crippen LogP contribution >= 0.6 is 0 Å². The fourth-order valence-electron chi connectivity index (χ4n) is 4.58.